The third-order valence-corrected chi connectivity index (χ3v) is 9.43. The Kier molecular flexibility index (Phi) is 7.08. The van der Waals surface area contributed by atoms with Gasteiger partial charge in [-0.05, 0) is 50.7 Å². The summed E-state index contributed by atoms with van der Waals surface area (Å²) in [5, 5.41) is 21.8. The van der Waals surface area contributed by atoms with E-state index in [0.717, 1.165) is 48.4 Å². The van der Waals surface area contributed by atoms with E-state index in [1.807, 2.05) is 25.9 Å². The molecular weight excluding hydrogens is 566 g/mol. The topological polar surface area (TPSA) is 118 Å². The van der Waals surface area contributed by atoms with Crippen LogP contribution in [0.3, 0.4) is 0 Å². The Morgan fingerprint density at radius 1 is 1.17 bits per heavy atom. The van der Waals surface area contributed by atoms with E-state index < -0.39 is 34.4 Å². The number of hydrogen-bond donors (Lipinski definition) is 1. The van der Waals surface area contributed by atoms with Crippen molar-refractivity contribution in [2.24, 2.45) is 0 Å². The van der Waals surface area contributed by atoms with Crippen molar-refractivity contribution in [3.05, 3.63) is 80.4 Å². The minimum atomic E-state index is -0.745. The monoisotopic (exact) mass is 596 g/mol. The summed E-state index contributed by atoms with van der Waals surface area (Å²) in [6.45, 7) is 4.30. The smallest absolute Gasteiger partial charge is 0.278 e. The summed E-state index contributed by atoms with van der Waals surface area (Å²) >= 11 is 1.06. The van der Waals surface area contributed by atoms with Crippen molar-refractivity contribution in [2.45, 2.75) is 64.0 Å². The Hall–Kier alpha value is -4.13. The van der Waals surface area contributed by atoms with Crippen LogP contribution in [0.5, 0.6) is 5.75 Å². The van der Waals surface area contributed by atoms with E-state index in [2.05, 4.69) is 15.2 Å². The number of amides is 1. The normalized spacial score (nSPS) is 20.4. The molecule has 2 aliphatic rings. The molecule has 0 atom stereocenters. The van der Waals surface area contributed by atoms with Gasteiger partial charge in [-0.25, -0.2) is 13.8 Å². The van der Waals surface area contributed by atoms with E-state index in [9.17, 15) is 23.5 Å². The minimum absolute atomic E-state index is 0.0560. The maximum Gasteiger partial charge on any atom is 0.278 e. The van der Waals surface area contributed by atoms with Crippen LogP contribution in [0.2, 0.25) is 0 Å². The van der Waals surface area contributed by atoms with Crippen LogP contribution in [-0.4, -0.2) is 55.0 Å². The van der Waals surface area contributed by atoms with Crippen LogP contribution in [-0.2, 0) is 12.8 Å². The zero-order chi connectivity index (χ0) is 29.8. The Balaban J connectivity index is 1.34. The average molecular weight is 597 g/mol. The molecule has 0 bridgehead atoms. The first-order valence-corrected chi connectivity index (χ1v) is 14.7. The molecule has 10 nitrogen and oxygen atoms in total. The highest BCUT2D eigenvalue weighted by Gasteiger charge is 2.51. The molecule has 13 heteroatoms. The van der Waals surface area contributed by atoms with E-state index in [1.165, 1.54) is 12.3 Å². The molecule has 1 N–H and O–H groups in total. The molecule has 4 aromatic rings. The lowest BCUT2D eigenvalue weighted by atomic mass is 9.79. The van der Waals surface area contributed by atoms with Crippen LogP contribution in [0.15, 0.2) is 39.9 Å². The van der Waals surface area contributed by atoms with Crippen molar-refractivity contribution < 1.29 is 23.1 Å². The third-order valence-electron chi connectivity index (χ3n) is 8.48. The van der Waals surface area contributed by atoms with Gasteiger partial charge >= 0.3 is 0 Å². The quantitative estimate of drug-likeness (QED) is 0.344. The highest BCUT2D eigenvalue weighted by atomic mass is 32.1. The van der Waals surface area contributed by atoms with Gasteiger partial charge in [0, 0.05) is 38.2 Å². The second-order valence-corrected chi connectivity index (χ2v) is 11.7. The number of pyridine rings is 1. The van der Waals surface area contributed by atoms with Crippen LogP contribution in [0.25, 0.3) is 10.6 Å². The molecule has 0 saturated heterocycles. The number of nitrogens with zero attached hydrogens (tertiary/aromatic N) is 6. The fraction of sp³-hybridized carbons (Fsp3) is 0.414. The van der Waals surface area contributed by atoms with Crippen LogP contribution < -0.4 is 10.4 Å². The van der Waals surface area contributed by atoms with Crippen LogP contribution in [0, 0.1) is 11.6 Å². The van der Waals surface area contributed by atoms with Gasteiger partial charge in [-0.15, -0.1) is 10.2 Å². The van der Waals surface area contributed by atoms with Crippen molar-refractivity contribution in [3.63, 3.8) is 0 Å². The van der Waals surface area contributed by atoms with Crippen molar-refractivity contribution >= 4 is 17.2 Å². The summed E-state index contributed by atoms with van der Waals surface area (Å²) in [5.74, 6) is -1.63. The highest BCUT2D eigenvalue weighted by molar-refractivity contribution is 7.14. The Morgan fingerprint density at radius 3 is 2.60 bits per heavy atom. The van der Waals surface area contributed by atoms with E-state index in [0.29, 0.717) is 30.3 Å². The number of carbonyl (C=O) groups excluding carboxylic acids is 1. The SMILES string of the molecule is CCc1coc(C2CCC3(CC2)N(CC)C(=O)c2c(O)c(=O)c(-c4nnc(Cc5ccc(F)cc5F)s4)cn2N3C)n1. The van der Waals surface area contributed by atoms with E-state index in [1.54, 1.807) is 15.8 Å². The van der Waals surface area contributed by atoms with Gasteiger partial charge in [-0.1, -0.05) is 24.3 Å². The Morgan fingerprint density at radius 2 is 1.93 bits per heavy atom. The van der Waals surface area contributed by atoms with Crippen molar-refractivity contribution in [3.8, 4) is 16.3 Å². The molecule has 1 spiro atoms. The molecule has 42 heavy (non-hydrogen) atoms. The average Bonchev–Trinajstić information content (AvgIpc) is 3.65. The zero-order valence-electron chi connectivity index (χ0n) is 23.4. The largest absolute Gasteiger partial charge is 0.502 e. The van der Waals surface area contributed by atoms with Crippen LogP contribution >= 0.6 is 11.3 Å². The number of aromatic hydroxyl groups is 1. The highest BCUT2D eigenvalue weighted by Crippen LogP contribution is 2.45. The van der Waals surface area contributed by atoms with E-state index >= 15 is 0 Å². The van der Waals surface area contributed by atoms with Crippen molar-refractivity contribution in [1.82, 2.24) is 24.8 Å². The summed E-state index contributed by atoms with van der Waals surface area (Å²) in [4.78, 5) is 33.5. The molecule has 1 aliphatic heterocycles. The van der Waals surface area contributed by atoms with Gasteiger partial charge < -0.3 is 14.4 Å². The fourth-order valence-electron chi connectivity index (χ4n) is 6.16. The van der Waals surface area contributed by atoms with Gasteiger partial charge in [0.15, 0.2) is 22.3 Å². The molecule has 1 amide bonds. The molecule has 4 heterocycles. The molecule has 1 aliphatic carbocycles. The third kappa shape index (κ3) is 4.46. The number of aromatic nitrogens is 4. The zero-order valence-corrected chi connectivity index (χ0v) is 24.2. The number of carbonyl (C=O) groups is 1. The van der Waals surface area contributed by atoms with E-state index in [-0.39, 0.29) is 34.2 Å². The molecular formula is C29H30F2N6O4S. The predicted molar refractivity (Wildman–Crippen MR) is 151 cm³/mol. The van der Waals surface area contributed by atoms with Crippen LogP contribution in [0.4, 0.5) is 8.78 Å². The first-order chi connectivity index (χ1) is 20.2. The second-order valence-electron chi connectivity index (χ2n) is 10.7. The fourth-order valence-corrected chi connectivity index (χ4v) is 7.03. The second kappa shape index (κ2) is 10.6. The summed E-state index contributed by atoms with van der Waals surface area (Å²) in [7, 11) is 1.84. The molecule has 1 fully saturated rings. The number of hydrogen-bond acceptors (Lipinski definition) is 9. The Labute approximate surface area is 244 Å². The number of fused-ring (bicyclic) bond motifs is 1. The lowest BCUT2D eigenvalue weighted by molar-refractivity contribution is 0.0109. The van der Waals surface area contributed by atoms with Crippen molar-refractivity contribution in [1.29, 1.82) is 0 Å². The number of halogens is 2. The number of rotatable bonds is 6. The molecule has 0 radical (unpaired) electrons. The summed E-state index contributed by atoms with van der Waals surface area (Å²) in [6, 6.07) is 3.30. The number of aryl methyl sites for hydroxylation is 1. The first-order valence-electron chi connectivity index (χ1n) is 13.9. The predicted octanol–water partition coefficient (Wildman–Crippen LogP) is 4.59. The summed E-state index contributed by atoms with van der Waals surface area (Å²) in [6.07, 6.45) is 6.80. The molecule has 6 rings (SSSR count). The summed E-state index contributed by atoms with van der Waals surface area (Å²) in [5.41, 5.74) is -0.332. The van der Waals surface area contributed by atoms with Gasteiger partial charge in [0.25, 0.3) is 5.91 Å². The standard InChI is InChI=1S/C29H30F2N6O4S/c1-4-19-15-41-26(32-19)16-8-10-29(11-9-16)35(3)37-14-20(24(38)25(39)23(37)28(40)36(29)5-2)27-34-33-22(42-27)12-17-6-7-18(30)13-21(17)31/h6-7,13-16,39H,4-5,8-12H2,1-3H3. The maximum atomic E-state index is 14.2. The number of oxazole rings is 1. The van der Waals surface area contributed by atoms with Crippen molar-refractivity contribution in [2.75, 3.05) is 18.6 Å². The van der Waals surface area contributed by atoms with Gasteiger partial charge in [0.1, 0.15) is 28.6 Å². The molecule has 0 unspecified atom stereocenters. The van der Waals surface area contributed by atoms with Gasteiger partial charge in [-0.3, -0.25) is 19.3 Å². The molecule has 1 saturated carbocycles. The van der Waals surface area contributed by atoms with Gasteiger partial charge in [-0.2, -0.15) is 0 Å². The summed E-state index contributed by atoms with van der Waals surface area (Å²) < 4.78 is 34.8. The van der Waals surface area contributed by atoms with Gasteiger partial charge in [0.2, 0.25) is 5.43 Å². The maximum absolute atomic E-state index is 14.2. The molecule has 3 aromatic heterocycles. The lowest BCUT2D eigenvalue weighted by Gasteiger charge is -2.56. The van der Waals surface area contributed by atoms with E-state index in [4.69, 9.17) is 4.42 Å². The Bertz CT molecular complexity index is 1730. The number of benzene rings is 1. The molecule has 220 valence electrons. The van der Waals surface area contributed by atoms with Crippen LogP contribution in [0.1, 0.15) is 78.1 Å². The molecule has 1 aromatic carbocycles. The lowest BCUT2D eigenvalue weighted by Crippen LogP contribution is -2.70. The minimum Gasteiger partial charge on any atom is -0.502 e. The van der Waals surface area contributed by atoms with Gasteiger partial charge in [0.05, 0.1) is 11.3 Å². The first kappa shape index (κ1) is 28.0.